The van der Waals surface area contributed by atoms with Crippen LogP contribution in [0, 0.1) is 0 Å². The van der Waals surface area contributed by atoms with Crippen molar-refractivity contribution < 1.29 is 27.9 Å². The van der Waals surface area contributed by atoms with Crippen LogP contribution in [0.3, 0.4) is 0 Å². The molecule has 20 heavy (non-hydrogen) atoms. The minimum Gasteiger partial charge on any atom is -0.479 e. The second-order valence-corrected chi connectivity index (χ2v) is 4.93. The Kier molecular flexibility index (Phi) is 4.69. The number of halogens is 3. The van der Waals surface area contributed by atoms with Crippen LogP contribution in [-0.2, 0) is 11.2 Å². The summed E-state index contributed by atoms with van der Waals surface area (Å²) in [4.78, 5) is 22.5. The molecule has 0 bridgehead atoms. The molecule has 0 aliphatic heterocycles. The normalized spacial score (nSPS) is 14.7. The standard InChI is InChI=1S/C10H12F3N3O3S/c1-3-4-5-6(20-16-15-5)7(17)14-9(2,8(18)19)10(11,12)13/h3-4H2,1-2H3,(H,14,17)(H,18,19). The lowest BCUT2D eigenvalue weighted by Gasteiger charge is -2.28. The topological polar surface area (TPSA) is 92.2 Å². The molecule has 1 aromatic rings. The van der Waals surface area contributed by atoms with Crippen LogP contribution in [-0.4, -0.2) is 38.3 Å². The number of amides is 1. The van der Waals surface area contributed by atoms with Gasteiger partial charge in [0.15, 0.2) is 0 Å². The number of carboxylic acid groups (broad SMARTS) is 1. The van der Waals surface area contributed by atoms with Crippen LogP contribution < -0.4 is 5.32 Å². The molecule has 10 heteroatoms. The van der Waals surface area contributed by atoms with E-state index in [0.29, 0.717) is 31.3 Å². The smallest absolute Gasteiger partial charge is 0.422 e. The molecule has 1 unspecified atom stereocenters. The summed E-state index contributed by atoms with van der Waals surface area (Å²) >= 11 is 0.627. The molecule has 0 saturated heterocycles. The molecule has 1 rings (SSSR count). The first-order chi connectivity index (χ1) is 9.13. The molecule has 2 N–H and O–H groups in total. The van der Waals surface area contributed by atoms with Crippen LogP contribution in [0.4, 0.5) is 13.2 Å². The molecule has 0 aliphatic carbocycles. The van der Waals surface area contributed by atoms with Crippen molar-refractivity contribution in [2.75, 3.05) is 0 Å². The molecule has 0 spiro atoms. The fourth-order valence-electron chi connectivity index (χ4n) is 1.31. The number of nitrogens with zero attached hydrogens (tertiary/aromatic N) is 2. The minimum atomic E-state index is -5.13. The lowest BCUT2D eigenvalue weighted by Crippen LogP contribution is -2.61. The fourth-order valence-corrected chi connectivity index (χ4v) is 1.91. The summed E-state index contributed by atoms with van der Waals surface area (Å²) in [5.41, 5.74) is -3.11. The summed E-state index contributed by atoms with van der Waals surface area (Å²) in [7, 11) is 0. The predicted molar refractivity (Wildman–Crippen MR) is 63.5 cm³/mol. The average molecular weight is 311 g/mol. The first-order valence-electron chi connectivity index (χ1n) is 5.57. The molecule has 1 amide bonds. The Labute approximate surface area is 116 Å². The summed E-state index contributed by atoms with van der Waals surface area (Å²) in [5.74, 6) is -3.33. The van der Waals surface area contributed by atoms with E-state index in [2.05, 4.69) is 9.59 Å². The molecular formula is C10H12F3N3O3S. The van der Waals surface area contributed by atoms with E-state index < -0.39 is 23.6 Å². The third-order valence-corrected chi connectivity index (χ3v) is 3.37. The van der Waals surface area contributed by atoms with E-state index in [1.165, 1.54) is 5.32 Å². The molecule has 1 atom stereocenters. The average Bonchev–Trinajstić information content (AvgIpc) is 2.75. The van der Waals surface area contributed by atoms with Crippen LogP contribution in [0.2, 0.25) is 0 Å². The highest BCUT2D eigenvalue weighted by Gasteiger charge is 2.58. The van der Waals surface area contributed by atoms with Gasteiger partial charge in [0.25, 0.3) is 5.91 Å². The number of aliphatic carboxylic acids is 1. The lowest BCUT2D eigenvalue weighted by atomic mass is 10.0. The Morgan fingerprint density at radius 1 is 1.40 bits per heavy atom. The largest absolute Gasteiger partial charge is 0.479 e. The van der Waals surface area contributed by atoms with Gasteiger partial charge in [-0.15, -0.1) is 5.10 Å². The molecule has 1 heterocycles. The van der Waals surface area contributed by atoms with Gasteiger partial charge in [0.1, 0.15) is 4.88 Å². The molecule has 0 saturated carbocycles. The van der Waals surface area contributed by atoms with Gasteiger partial charge < -0.3 is 10.4 Å². The molecular weight excluding hydrogens is 299 g/mol. The number of hydrogen-bond donors (Lipinski definition) is 2. The summed E-state index contributed by atoms with van der Waals surface area (Å²) in [6.45, 7) is 2.19. The van der Waals surface area contributed by atoms with Crippen molar-refractivity contribution in [2.24, 2.45) is 0 Å². The van der Waals surface area contributed by atoms with Crippen LogP contribution >= 0.6 is 11.5 Å². The fraction of sp³-hybridized carbons (Fsp3) is 0.600. The van der Waals surface area contributed by atoms with Gasteiger partial charge in [-0.2, -0.15) is 13.2 Å². The number of rotatable bonds is 5. The van der Waals surface area contributed by atoms with Crippen LogP contribution in [0.1, 0.15) is 35.6 Å². The third kappa shape index (κ3) is 3.06. The van der Waals surface area contributed by atoms with E-state index in [1.54, 1.807) is 6.92 Å². The first-order valence-corrected chi connectivity index (χ1v) is 6.34. The van der Waals surface area contributed by atoms with Crippen molar-refractivity contribution in [2.45, 2.75) is 38.4 Å². The highest BCUT2D eigenvalue weighted by molar-refractivity contribution is 7.08. The van der Waals surface area contributed by atoms with Crippen molar-refractivity contribution in [1.82, 2.24) is 14.9 Å². The number of carboxylic acids is 1. The van der Waals surface area contributed by atoms with Crippen molar-refractivity contribution in [3.05, 3.63) is 10.6 Å². The molecule has 112 valence electrons. The number of carbonyl (C=O) groups is 2. The van der Waals surface area contributed by atoms with Gasteiger partial charge in [0.05, 0.1) is 5.69 Å². The highest BCUT2D eigenvalue weighted by Crippen LogP contribution is 2.31. The van der Waals surface area contributed by atoms with E-state index in [4.69, 9.17) is 5.11 Å². The van der Waals surface area contributed by atoms with E-state index in [-0.39, 0.29) is 10.6 Å². The van der Waals surface area contributed by atoms with Gasteiger partial charge >= 0.3 is 12.1 Å². The quantitative estimate of drug-likeness (QED) is 0.862. The van der Waals surface area contributed by atoms with E-state index in [1.807, 2.05) is 0 Å². The number of aryl methyl sites for hydroxylation is 1. The monoisotopic (exact) mass is 311 g/mol. The second kappa shape index (κ2) is 5.73. The molecule has 0 aliphatic rings. The molecule has 0 aromatic carbocycles. The van der Waals surface area contributed by atoms with Gasteiger partial charge in [-0.1, -0.05) is 17.8 Å². The van der Waals surface area contributed by atoms with Crippen LogP contribution in [0.15, 0.2) is 0 Å². The van der Waals surface area contributed by atoms with Crippen molar-refractivity contribution in [1.29, 1.82) is 0 Å². The van der Waals surface area contributed by atoms with Crippen molar-refractivity contribution >= 4 is 23.4 Å². The van der Waals surface area contributed by atoms with E-state index >= 15 is 0 Å². The van der Waals surface area contributed by atoms with E-state index in [9.17, 15) is 22.8 Å². The number of hydrogen-bond acceptors (Lipinski definition) is 5. The molecule has 1 aromatic heterocycles. The summed E-state index contributed by atoms with van der Waals surface area (Å²) in [6.07, 6.45) is -4.13. The predicted octanol–water partition coefficient (Wildman–Crippen LogP) is 1.63. The maximum Gasteiger partial charge on any atom is 0.422 e. The second-order valence-electron chi connectivity index (χ2n) is 4.18. The number of alkyl halides is 3. The molecule has 6 nitrogen and oxygen atoms in total. The Balaban J connectivity index is 3.04. The lowest BCUT2D eigenvalue weighted by molar-refractivity contribution is -0.203. The van der Waals surface area contributed by atoms with Crippen molar-refractivity contribution in [3.63, 3.8) is 0 Å². The number of carbonyl (C=O) groups excluding carboxylic acids is 1. The summed E-state index contributed by atoms with van der Waals surface area (Å²) in [5, 5.41) is 13.9. The Morgan fingerprint density at radius 2 is 2.00 bits per heavy atom. The van der Waals surface area contributed by atoms with Gasteiger partial charge in [-0.3, -0.25) is 4.79 Å². The number of nitrogens with one attached hydrogen (secondary N) is 1. The zero-order valence-corrected chi connectivity index (χ0v) is 11.4. The first kappa shape index (κ1) is 16.3. The maximum absolute atomic E-state index is 12.8. The Hall–Kier alpha value is -1.71. The SMILES string of the molecule is CCCc1nnsc1C(=O)NC(C)(C(=O)O)C(F)(F)F. The number of aromatic nitrogens is 2. The van der Waals surface area contributed by atoms with Gasteiger partial charge in [0.2, 0.25) is 5.54 Å². The zero-order chi connectivity index (χ0) is 15.6. The van der Waals surface area contributed by atoms with Gasteiger partial charge in [-0.25, -0.2) is 4.79 Å². The Morgan fingerprint density at radius 3 is 2.45 bits per heavy atom. The Bertz CT molecular complexity index is 517. The maximum atomic E-state index is 12.8. The molecule has 0 fully saturated rings. The zero-order valence-electron chi connectivity index (χ0n) is 10.6. The van der Waals surface area contributed by atoms with Crippen molar-refractivity contribution in [3.8, 4) is 0 Å². The summed E-state index contributed by atoms with van der Waals surface area (Å²) < 4.78 is 41.8. The minimum absolute atomic E-state index is 0.108. The summed E-state index contributed by atoms with van der Waals surface area (Å²) in [6, 6.07) is 0. The molecule has 0 radical (unpaired) electrons. The van der Waals surface area contributed by atoms with Gasteiger partial charge in [-0.05, 0) is 24.9 Å². The van der Waals surface area contributed by atoms with E-state index in [0.717, 1.165) is 0 Å². The van der Waals surface area contributed by atoms with Crippen LogP contribution in [0.25, 0.3) is 0 Å². The highest BCUT2D eigenvalue weighted by atomic mass is 32.1. The van der Waals surface area contributed by atoms with Crippen LogP contribution in [0.5, 0.6) is 0 Å². The van der Waals surface area contributed by atoms with Gasteiger partial charge in [0, 0.05) is 0 Å². The third-order valence-electron chi connectivity index (χ3n) is 2.61.